The molecule has 0 radical (unpaired) electrons. The molecule has 1 atom stereocenters. The number of ether oxygens (including phenoxy) is 1. The van der Waals surface area contributed by atoms with Crippen molar-refractivity contribution in [3.05, 3.63) is 94.5 Å². The molecule has 4 rings (SSSR count). The lowest BCUT2D eigenvalue weighted by atomic mass is 10.0. The maximum Gasteiger partial charge on any atom is 0.121 e. The Hall–Kier alpha value is -3.04. The highest BCUT2D eigenvalue weighted by molar-refractivity contribution is 6.33. The predicted molar refractivity (Wildman–Crippen MR) is 132 cm³/mol. The third-order valence-electron chi connectivity index (χ3n) is 6.04. The van der Waals surface area contributed by atoms with E-state index in [9.17, 15) is 0 Å². The van der Waals surface area contributed by atoms with Crippen molar-refractivity contribution in [1.82, 2.24) is 4.90 Å². The highest BCUT2D eigenvalue weighted by Gasteiger charge is 2.29. The Labute approximate surface area is 200 Å². The van der Waals surface area contributed by atoms with Crippen LogP contribution in [-0.2, 0) is 6.42 Å². The van der Waals surface area contributed by atoms with Crippen molar-refractivity contribution in [3.63, 3.8) is 0 Å². The summed E-state index contributed by atoms with van der Waals surface area (Å²) >= 11 is 6.68. The molecule has 6 heteroatoms. The highest BCUT2D eigenvalue weighted by Crippen LogP contribution is 2.37. The summed E-state index contributed by atoms with van der Waals surface area (Å²) < 4.78 is 5.52. The molecule has 3 aromatic carbocycles. The average molecular weight is 462 g/mol. The second-order valence-corrected chi connectivity index (χ2v) is 8.57. The fraction of sp³-hybridized carbons (Fsp3) is 0.296. The molecule has 1 heterocycles. The molecule has 0 aromatic heterocycles. The van der Waals surface area contributed by atoms with Crippen LogP contribution < -0.4 is 9.64 Å². The maximum absolute atomic E-state index is 9.00. The van der Waals surface area contributed by atoms with E-state index >= 15 is 0 Å². The van der Waals surface area contributed by atoms with Gasteiger partial charge in [-0.3, -0.25) is 4.90 Å². The molecule has 1 unspecified atom stereocenters. The standard InChI is InChI=1S/C27H28ClN3O2/c28-25-18-24(33-17-16-32)10-11-26(25)31-15-14-30(20-27(31)23-4-2-1-3-5-23)13-12-21-6-8-22(19-29)9-7-21/h1-11,18,27,32H,12-17,20H2. The van der Waals surface area contributed by atoms with Gasteiger partial charge in [0.25, 0.3) is 0 Å². The van der Waals surface area contributed by atoms with Crippen LogP contribution in [0.5, 0.6) is 5.75 Å². The van der Waals surface area contributed by atoms with Crippen LogP contribution in [0.2, 0.25) is 5.02 Å². The van der Waals surface area contributed by atoms with E-state index in [4.69, 9.17) is 26.7 Å². The van der Waals surface area contributed by atoms with Crippen molar-refractivity contribution >= 4 is 17.3 Å². The van der Waals surface area contributed by atoms with Gasteiger partial charge in [0, 0.05) is 32.2 Å². The molecule has 170 valence electrons. The van der Waals surface area contributed by atoms with Gasteiger partial charge >= 0.3 is 0 Å². The van der Waals surface area contributed by atoms with Crippen molar-refractivity contribution < 1.29 is 9.84 Å². The topological polar surface area (TPSA) is 59.7 Å². The van der Waals surface area contributed by atoms with Crippen LogP contribution in [0.4, 0.5) is 5.69 Å². The third-order valence-corrected chi connectivity index (χ3v) is 6.34. The van der Waals surface area contributed by atoms with Gasteiger partial charge in [-0.15, -0.1) is 0 Å². The summed E-state index contributed by atoms with van der Waals surface area (Å²) in [6, 6.07) is 26.5. The second kappa shape index (κ2) is 11.2. The monoisotopic (exact) mass is 461 g/mol. The number of halogens is 1. The lowest BCUT2D eigenvalue weighted by molar-refractivity contribution is 0.201. The number of hydrogen-bond acceptors (Lipinski definition) is 5. The van der Waals surface area contributed by atoms with Gasteiger partial charge in [-0.2, -0.15) is 5.26 Å². The zero-order valence-electron chi connectivity index (χ0n) is 18.5. The largest absolute Gasteiger partial charge is 0.491 e. The molecule has 1 aliphatic heterocycles. The number of aliphatic hydroxyl groups is 1. The van der Waals surface area contributed by atoms with E-state index in [2.05, 4.69) is 40.1 Å². The van der Waals surface area contributed by atoms with Gasteiger partial charge < -0.3 is 14.7 Å². The quantitative estimate of drug-likeness (QED) is 0.527. The lowest BCUT2D eigenvalue weighted by Gasteiger charge is -2.43. The minimum Gasteiger partial charge on any atom is -0.491 e. The van der Waals surface area contributed by atoms with Crippen LogP contribution in [0.25, 0.3) is 0 Å². The number of rotatable bonds is 8. The maximum atomic E-state index is 9.00. The predicted octanol–water partition coefficient (Wildman–Crippen LogP) is 4.69. The smallest absolute Gasteiger partial charge is 0.121 e. The molecular formula is C27H28ClN3O2. The summed E-state index contributed by atoms with van der Waals surface area (Å²) in [5.41, 5.74) is 4.20. The van der Waals surface area contributed by atoms with Crippen LogP contribution in [0.15, 0.2) is 72.8 Å². The van der Waals surface area contributed by atoms with E-state index in [1.165, 1.54) is 11.1 Å². The molecule has 0 amide bonds. The van der Waals surface area contributed by atoms with Gasteiger partial charge in [-0.05, 0) is 41.8 Å². The van der Waals surface area contributed by atoms with E-state index in [1.807, 2.05) is 48.5 Å². The molecule has 5 nitrogen and oxygen atoms in total. The molecule has 0 aliphatic carbocycles. The van der Waals surface area contributed by atoms with Crippen LogP contribution in [0.1, 0.15) is 22.7 Å². The van der Waals surface area contributed by atoms with Crippen LogP contribution in [0.3, 0.4) is 0 Å². The van der Waals surface area contributed by atoms with E-state index in [0.29, 0.717) is 16.3 Å². The Morgan fingerprint density at radius 1 is 1.03 bits per heavy atom. The summed E-state index contributed by atoms with van der Waals surface area (Å²) in [6.07, 6.45) is 0.949. The zero-order chi connectivity index (χ0) is 23.0. The Morgan fingerprint density at radius 3 is 2.52 bits per heavy atom. The van der Waals surface area contributed by atoms with Crippen LogP contribution in [-0.4, -0.2) is 49.4 Å². The fourth-order valence-corrected chi connectivity index (χ4v) is 4.58. The number of nitrogens with zero attached hydrogens (tertiary/aromatic N) is 3. The van der Waals surface area contributed by atoms with Crippen molar-refractivity contribution in [2.75, 3.05) is 44.3 Å². The minimum atomic E-state index is -0.0279. The van der Waals surface area contributed by atoms with Crippen molar-refractivity contribution in [1.29, 1.82) is 5.26 Å². The van der Waals surface area contributed by atoms with Crippen molar-refractivity contribution in [2.45, 2.75) is 12.5 Å². The van der Waals surface area contributed by atoms with Gasteiger partial charge in [0.15, 0.2) is 0 Å². The fourth-order valence-electron chi connectivity index (χ4n) is 4.30. The average Bonchev–Trinajstić information content (AvgIpc) is 2.87. The van der Waals surface area contributed by atoms with Crippen LogP contribution in [0, 0.1) is 11.3 Å². The molecule has 0 spiro atoms. The molecular weight excluding hydrogens is 434 g/mol. The number of anilines is 1. The first-order valence-electron chi connectivity index (χ1n) is 11.2. The lowest BCUT2D eigenvalue weighted by Crippen LogP contribution is -2.49. The van der Waals surface area contributed by atoms with Gasteiger partial charge in [0.05, 0.1) is 35.0 Å². The Bertz CT molecular complexity index is 1080. The van der Waals surface area contributed by atoms with E-state index < -0.39 is 0 Å². The minimum absolute atomic E-state index is 0.0279. The summed E-state index contributed by atoms with van der Waals surface area (Å²) in [4.78, 5) is 4.88. The first kappa shape index (κ1) is 23.1. The number of piperazine rings is 1. The summed E-state index contributed by atoms with van der Waals surface area (Å²) in [5, 5.41) is 18.6. The van der Waals surface area contributed by atoms with Crippen molar-refractivity contribution in [2.24, 2.45) is 0 Å². The third kappa shape index (κ3) is 5.85. The number of aliphatic hydroxyl groups excluding tert-OH is 1. The highest BCUT2D eigenvalue weighted by atomic mass is 35.5. The molecule has 1 N–H and O–H groups in total. The van der Waals surface area contributed by atoms with E-state index in [0.717, 1.165) is 38.3 Å². The van der Waals surface area contributed by atoms with Gasteiger partial charge in [0.2, 0.25) is 0 Å². The Balaban J connectivity index is 1.50. The molecule has 1 fully saturated rings. The second-order valence-electron chi connectivity index (χ2n) is 8.16. The normalized spacial score (nSPS) is 16.4. The van der Waals surface area contributed by atoms with Crippen molar-refractivity contribution in [3.8, 4) is 11.8 Å². The van der Waals surface area contributed by atoms with Crippen LogP contribution >= 0.6 is 11.6 Å². The summed E-state index contributed by atoms with van der Waals surface area (Å²) in [6.45, 7) is 3.90. The van der Waals surface area contributed by atoms with Gasteiger partial charge in [-0.25, -0.2) is 0 Å². The summed E-state index contributed by atoms with van der Waals surface area (Å²) in [5.74, 6) is 0.662. The van der Waals surface area contributed by atoms with Gasteiger partial charge in [0.1, 0.15) is 12.4 Å². The SMILES string of the molecule is N#Cc1ccc(CCN2CCN(c3ccc(OCCO)cc3Cl)C(c3ccccc3)C2)cc1. The zero-order valence-corrected chi connectivity index (χ0v) is 19.3. The summed E-state index contributed by atoms with van der Waals surface area (Å²) in [7, 11) is 0. The first-order chi connectivity index (χ1) is 16.2. The van der Waals surface area contributed by atoms with E-state index in [-0.39, 0.29) is 19.3 Å². The Kier molecular flexibility index (Phi) is 7.85. The van der Waals surface area contributed by atoms with Gasteiger partial charge in [-0.1, -0.05) is 54.1 Å². The number of hydrogen-bond donors (Lipinski definition) is 1. The van der Waals surface area contributed by atoms with E-state index in [1.54, 1.807) is 0 Å². The molecule has 0 bridgehead atoms. The number of benzene rings is 3. The molecule has 1 saturated heterocycles. The first-order valence-corrected chi connectivity index (χ1v) is 11.6. The number of nitriles is 1. The molecule has 0 saturated carbocycles. The molecule has 1 aliphatic rings. The Morgan fingerprint density at radius 2 is 1.82 bits per heavy atom. The molecule has 3 aromatic rings. The molecule has 33 heavy (non-hydrogen) atoms.